The number of halogens is 1. The van der Waals surface area contributed by atoms with Crippen LogP contribution >= 0.6 is 24.0 Å². The molecule has 1 aliphatic heterocycles. The SMILES string of the molecule is CCN(CCNC(=NC)N1CCN(c2ccccn2)CC1)C(C)C.I. The van der Waals surface area contributed by atoms with Crippen LogP contribution in [0.4, 0.5) is 5.82 Å². The molecule has 2 rings (SSSR count). The number of pyridine rings is 1. The molecule has 7 heteroatoms. The van der Waals surface area contributed by atoms with Gasteiger partial charge in [-0.15, -0.1) is 24.0 Å². The van der Waals surface area contributed by atoms with Crippen LogP contribution in [-0.4, -0.2) is 79.6 Å². The number of likely N-dealkylation sites (N-methyl/N-ethyl adjacent to an activating group) is 1. The van der Waals surface area contributed by atoms with E-state index in [1.807, 2.05) is 25.4 Å². The Hall–Kier alpha value is -1.09. The maximum atomic E-state index is 4.46. The summed E-state index contributed by atoms with van der Waals surface area (Å²) in [5, 5.41) is 3.51. The molecule has 0 aromatic carbocycles. The second-order valence-corrected chi connectivity index (χ2v) is 6.36. The van der Waals surface area contributed by atoms with Gasteiger partial charge < -0.3 is 15.1 Å². The summed E-state index contributed by atoms with van der Waals surface area (Å²) >= 11 is 0. The maximum absolute atomic E-state index is 4.46. The maximum Gasteiger partial charge on any atom is 0.193 e. The van der Waals surface area contributed by atoms with E-state index in [0.29, 0.717) is 6.04 Å². The van der Waals surface area contributed by atoms with E-state index in [9.17, 15) is 0 Å². The van der Waals surface area contributed by atoms with E-state index in [4.69, 9.17) is 0 Å². The van der Waals surface area contributed by atoms with Gasteiger partial charge in [-0.2, -0.15) is 0 Å². The molecular formula is C18H33IN6. The van der Waals surface area contributed by atoms with Crippen LogP contribution in [0.15, 0.2) is 29.4 Å². The normalized spacial score (nSPS) is 15.5. The highest BCUT2D eigenvalue weighted by Crippen LogP contribution is 2.12. The first-order valence-corrected chi connectivity index (χ1v) is 9.01. The third-order valence-electron chi connectivity index (χ3n) is 4.58. The number of nitrogens with one attached hydrogen (secondary N) is 1. The Balaban J connectivity index is 0.00000312. The molecule has 0 atom stereocenters. The van der Waals surface area contributed by atoms with Gasteiger partial charge in [0.15, 0.2) is 5.96 Å². The van der Waals surface area contributed by atoms with Gasteiger partial charge in [-0.1, -0.05) is 13.0 Å². The van der Waals surface area contributed by atoms with Gasteiger partial charge in [0, 0.05) is 58.6 Å². The number of rotatable bonds is 6. The van der Waals surface area contributed by atoms with Gasteiger partial charge in [-0.05, 0) is 32.5 Å². The van der Waals surface area contributed by atoms with E-state index in [2.05, 4.69) is 56.8 Å². The van der Waals surface area contributed by atoms with Crippen molar-refractivity contribution >= 4 is 35.8 Å². The molecule has 2 heterocycles. The molecule has 0 spiro atoms. The minimum absolute atomic E-state index is 0. The third-order valence-corrected chi connectivity index (χ3v) is 4.58. The first kappa shape index (κ1) is 22.0. The van der Waals surface area contributed by atoms with Crippen LogP contribution in [0.1, 0.15) is 20.8 Å². The minimum atomic E-state index is 0. The van der Waals surface area contributed by atoms with Crippen LogP contribution in [0.25, 0.3) is 0 Å². The molecule has 1 aromatic heterocycles. The van der Waals surface area contributed by atoms with Crippen molar-refractivity contribution in [2.75, 3.05) is 57.8 Å². The minimum Gasteiger partial charge on any atom is -0.355 e. The number of nitrogens with zero attached hydrogens (tertiary/aromatic N) is 5. The van der Waals surface area contributed by atoms with Gasteiger partial charge in [0.05, 0.1) is 0 Å². The Morgan fingerprint density at radius 1 is 1.28 bits per heavy atom. The summed E-state index contributed by atoms with van der Waals surface area (Å²) in [5.74, 6) is 2.08. The van der Waals surface area contributed by atoms with Crippen molar-refractivity contribution in [3.8, 4) is 0 Å². The zero-order valence-electron chi connectivity index (χ0n) is 16.0. The molecule has 0 amide bonds. The summed E-state index contributed by atoms with van der Waals surface area (Å²) < 4.78 is 0. The highest BCUT2D eigenvalue weighted by atomic mass is 127. The van der Waals surface area contributed by atoms with Crippen LogP contribution in [0, 0.1) is 0 Å². The van der Waals surface area contributed by atoms with Crippen LogP contribution < -0.4 is 10.2 Å². The number of aromatic nitrogens is 1. The second-order valence-electron chi connectivity index (χ2n) is 6.36. The Bertz CT molecular complexity index is 500. The number of aliphatic imine (C=N–C) groups is 1. The van der Waals surface area contributed by atoms with Crippen molar-refractivity contribution in [1.29, 1.82) is 0 Å². The highest BCUT2D eigenvalue weighted by Gasteiger charge is 2.20. The van der Waals surface area contributed by atoms with Crippen molar-refractivity contribution in [2.45, 2.75) is 26.8 Å². The number of hydrogen-bond acceptors (Lipinski definition) is 4. The smallest absolute Gasteiger partial charge is 0.193 e. The Kier molecular flexibility index (Phi) is 10.1. The van der Waals surface area contributed by atoms with E-state index in [1.165, 1.54) is 0 Å². The fourth-order valence-electron chi connectivity index (χ4n) is 3.11. The third kappa shape index (κ3) is 6.62. The quantitative estimate of drug-likeness (QED) is 0.401. The molecular weight excluding hydrogens is 427 g/mol. The molecule has 142 valence electrons. The van der Waals surface area contributed by atoms with E-state index in [0.717, 1.165) is 57.6 Å². The molecule has 25 heavy (non-hydrogen) atoms. The van der Waals surface area contributed by atoms with Crippen LogP contribution in [0.5, 0.6) is 0 Å². The predicted octanol–water partition coefficient (Wildman–Crippen LogP) is 2.13. The largest absolute Gasteiger partial charge is 0.355 e. The van der Waals surface area contributed by atoms with Crippen LogP contribution in [-0.2, 0) is 0 Å². The molecule has 1 aromatic rings. The molecule has 1 fully saturated rings. The average molecular weight is 460 g/mol. The van der Waals surface area contributed by atoms with Crippen molar-refractivity contribution < 1.29 is 0 Å². The van der Waals surface area contributed by atoms with Gasteiger partial charge in [0.25, 0.3) is 0 Å². The zero-order valence-corrected chi connectivity index (χ0v) is 18.3. The van der Waals surface area contributed by atoms with Gasteiger partial charge in [-0.25, -0.2) is 4.98 Å². The monoisotopic (exact) mass is 460 g/mol. The molecule has 0 aliphatic carbocycles. The second kappa shape index (κ2) is 11.5. The molecule has 6 nitrogen and oxygen atoms in total. The highest BCUT2D eigenvalue weighted by molar-refractivity contribution is 14.0. The van der Waals surface area contributed by atoms with Gasteiger partial charge in [0.1, 0.15) is 5.82 Å². The molecule has 1 aliphatic rings. The lowest BCUT2D eigenvalue weighted by molar-refractivity contribution is 0.236. The molecule has 0 saturated carbocycles. The molecule has 1 saturated heterocycles. The summed E-state index contributed by atoms with van der Waals surface area (Å²) in [6, 6.07) is 6.67. The fraction of sp³-hybridized carbons (Fsp3) is 0.667. The van der Waals surface area contributed by atoms with Crippen molar-refractivity contribution in [3.63, 3.8) is 0 Å². The Morgan fingerprint density at radius 3 is 2.52 bits per heavy atom. The zero-order chi connectivity index (χ0) is 17.4. The van der Waals surface area contributed by atoms with Gasteiger partial charge in [0.2, 0.25) is 0 Å². The summed E-state index contributed by atoms with van der Waals surface area (Å²) in [6.07, 6.45) is 1.86. The first-order chi connectivity index (χ1) is 11.7. The predicted molar refractivity (Wildman–Crippen MR) is 117 cm³/mol. The van der Waals surface area contributed by atoms with Crippen molar-refractivity contribution in [2.24, 2.45) is 4.99 Å². The number of anilines is 1. The molecule has 0 bridgehead atoms. The van der Waals surface area contributed by atoms with Gasteiger partial charge in [-0.3, -0.25) is 9.89 Å². The number of guanidine groups is 1. The molecule has 0 unspecified atom stereocenters. The number of hydrogen-bond donors (Lipinski definition) is 1. The van der Waals surface area contributed by atoms with Crippen molar-refractivity contribution in [3.05, 3.63) is 24.4 Å². The van der Waals surface area contributed by atoms with Gasteiger partial charge >= 0.3 is 0 Å². The molecule has 1 N–H and O–H groups in total. The number of piperazine rings is 1. The van der Waals surface area contributed by atoms with E-state index in [-0.39, 0.29) is 24.0 Å². The Labute approximate surface area is 169 Å². The lowest BCUT2D eigenvalue weighted by atomic mass is 10.3. The topological polar surface area (TPSA) is 47.0 Å². The summed E-state index contributed by atoms with van der Waals surface area (Å²) in [6.45, 7) is 13.7. The molecule has 0 radical (unpaired) electrons. The summed E-state index contributed by atoms with van der Waals surface area (Å²) in [4.78, 5) is 16.0. The lowest BCUT2D eigenvalue weighted by Crippen LogP contribution is -2.53. The van der Waals surface area contributed by atoms with E-state index >= 15 is 0 Å². The Morgan fingerprint density at radius 2 is 2.00 bits per heavy atom. The average Bonchev–Trinajstić information content (AvgIpc) is 2.62. The van der Waals surface area contributed by atoms with Crippen LogP contribution in [0.3, 0.4) is 0 Å². The standard InChI is InChI=1S/C18H32N6.HI/c1-5-22(16(2)3)11-10-21-18(19-4)24-14-12-23(13-15-24)17-8-6-7-9-20-17;/h6-9,16H,5,10-15H2,1-4H3,(H,19,21);1H. The van der Waals surface area contributed by atoms with Crippen molar-refractivity contribution in [1.82, 2.24) is 20.1 Å². The summed E-state index contributed by atoms with van der Waals surface area (Å²) in [7, 11) is 1.87. The van der Waals surface area contributed by atoms with E-state index < -0.39 is 0 Å². The van der Waals surface area contributed by atoms with E-state index in [1.54, 1.807) is 0 Å². The fourth-order valence-corrected chi connectivity index (χ4v) is 3.11. The summed E-state index contributed by atoms with van der Waals surface area (Å²) in [5.41, 5.74) is 0. The lowest BCUT2D eigenvalue weighted by Gasteiger charge is -2.37. The first-order valence-electron chi connectivity index (χ1n) is 9.01. The van der Waals surface area contributed by atoms with Crippen LogP contribution in [0.2, 0.25) is 0 Å².